The Kier molecular flexibility index (Phi) is 4.78. The van der Waals surface area contributed by atoms with Crippen molar-refractivity contribution in [1.29, 1.82) is 0 Å². The van der Waals surface area contributed by atoms with Gasteiger partial charge in [-0.3, -0.25) is 19.3 Å². The summed E-state index contributed by atoms with van der Waals surface area (Å²) in [6.45, 7) is 3.77. The lowest BCUT2D eigenvalue weighted by Crippen LogP contribution is -2.27. The van der Waals surface area contributed by atoms with E-state index in [2.05, 4.69) is 6.58 Å². The number of benzene rings is 1. The highest BCUT2D eigenvalue weighted by Gasteiger charge is 2.34. The van der Waals surface area contributed by atoms with E-state index in [0.717, 1.165) is 34.1 Å². The molecule has 0 radical (unpaired) electrons. The van der Waals surface area contributed by atoms with Gasteiger partial charge in [0.15, 0.2) is 0 Å². The predicted octanol–water partition coefficient (Wildman–Crippen LogP) is 4.45. The van der Waals surface area contributed by atoms with Crippen LogP contribution in [0.25, 0.3) is 17.2 Å². The van der Waals surface area contributed by atoms with Crippen LogP contribution in [-0.2, 0) is 4.79 Å². The zero-order valence-electron chi connectivity index (χ0n) is 12.6. The number of hydrogen-bond acceptors (Lipinski definition) is 5. The van der Waals surface area contributed by atoms with Crippen molar-refractivity contribution in [3.63, 3.8) is 0 Å². The number of thioether (sulfide) groups is 1. The number of carbonyl (C=O) groups excluding carboxylic acids is 3. The summed E-state index contributed by atoms with van der Waals surface area (Å²) in [5, 5.41) is 1.69. The van der Waals surface area contributed by atoms with E-state index in [4.69, 9.17) is 0 Å². The van der Waals surface area contributed by atoms with Crippen molar-refractivity contribution in [3.8, 4) is 11.1 Å². The van der Waals surface area contributed by atoms with Crippen LogP contribution >= 0.6 is 23.1 Å². The van der Waals surface area contributed by atoms with Crippen LogP contribution in [0.3, 0.4) is 0 Å². The van der Waals surface area contributed by atoms with E-state index in [9.17, 15) is 14.4 Å². The van der Waals surface area contributed by atoms with Gasteiger partial charge >= 0.3 is 0 Å². The van der Waals surface area contributed by atoms with Gasteiger partial charge in [0.05, 0.1) is 4.91 Å². The smallest absolute Gasteiger partial charge is 0.293 e. The zero-order valence-corrected chi connectivity index (χ0v) is 14.2. The fourth-order valence-electron chi connectivity index (χ4n) is 2.29. The summed E-state index contributed by atoms with van der Waals surface area (Å²) in [5.74, 6) is -0.289. The molecule has 0 unspecified atom stereocenters. The second-order valence-electron chi connectivity index (χ2n) is 5.06. The molecule has 6 heteroatoms. The molecular formula is C18H13NO3S2. The molecule has 0 atom stereocenters. The molecule has 4 nitrogen and oxygen atoms in total. The number of carbonyl (C=O) groups is 3. The molecule has 1 fully saturated rings. The van der Waals surface area contributed by atoms with E-state index in [0.29, 0.717) is 10.5 Å². The summed E-state index contributed by atoms with van der Waals surface area (Å²) in [5.41, 5.74) is 2.53. The van der Waals surface area contributed by atoms with Crippen LogP contribution in [0.1, 0.15) is 15.2 Å². The van der Waals surface area contributed by atoms with E-state index < -0.39 is 0 Å². The van der Waals surface area contributed by atoms with Crippen LogP contribution in [-0.4, -0.2) is 28.9 Å². The normalized spacial score (nSPS) is 16.0. The first-order valence-corrected chi connectivity index (χ1v) is 8.82. The number of imide groups is 1. The lowest BCUT2D eigenvalue weighted by atomic mass is 10.1. The number of amides is 2. The number of aldehydes is 1. The Labute approximate surface area is 147 Å². The first kappa shape index (κ1) is 16.4. The highest BCUT2D eigenvalue weighted by Crippen LogP contribution is 2.34. The van der Waals surface area contributed by atoms with Gasteiger partial charge in [0, 0.05) is 17.0 Å². The van der Waals surface area contributed by atoms with E-state index in [1.54, 1.807) is 12.1 Å². The molecule has 0 spiro atoms. The quantitative estimate of drug-likeness (QED) is 0.452. The highest BCUT2D eigenvalue weighted by atomic mass is 32.2. The number of rotatable bonds is 5. The van der Waals surface area contributed by atoms with E-state index in [1.165, 1.54) is 22.3 Å². The summed E-state index contributed by atoms with van der Waals surface area (Å²) < 4.78 is 0. The molecule has 0 saturated carbocycles. The minimum Gasteiger partial charge on any atom is -0.298 e. The molecule has 1 saturated heterocycles. The molecule has 1 aromatic carbocycles. The third-order valence-electron chi connectivity index (χ3n) is 3.43. The first-order chi connectivity index (χ1) is 11.6. The summed E-state index contributed by atoms with van der Waals surface area (Å²) in [6.07, 6.45) is 4.07. The zero-order chi connectivity index (χ0) is 17.1. The molecule has 2 heterocycles. The van der Waals surface area contributed by atoms with Crippen molar-refractivity contribution < 1.29 is 14.4 Å². The van der Waals surface area contributed by atoms with Crippen molar-refractivity contribution in [2.24, 2.45) is 0 Å². The molecule has 24 heavy (non-hydrogen) atoms. The largest absolute Gasteiger partial charge is 0.298 e. The second kappa shape index (κ2) is 6.98. The molecular weight excluding hydrogens is 342 g/mol. The van der Waals surface area contributed by atoms with Crippen LogP contribution in [0.5, 0.6) is 0 Å². The predicted molar refractivity (Wildman–Crippen MR) is 98.0 cm³/mol. The Morgan fingerprint density at radius 1 is 1.17 bits per heavy atom. The summed E-state index contributed by atoms with van der Waals surface area (Å²) in [6, 6.07) is 9.26. The molecule has 2 amide bonds. The average Bonchev–Trinajstić information content (AvgIpc) is 3.16. The summed E-state index contributed by atoms with van der Waals surface area (Å²) in [7, 11) is 0. The maximum Gasteiger partial charge on any atom is 0.293 e. The van der Waals surface area contributed by atoms with Crippen LogP contribution < -0.4 is 0 Å². The fraction of sp³-hybridized carbons (Fsp3) is 0.0556. The molecule has 120 valence electrons. The molecule has 1 aliphatic heterocycles. The van der Waals surface area contributed by atoms with Gasteiger partial charge in [-0.2, -0.15) is 0 Å². The van der Waals surface area contributed by atoms with Gasteiger partial charge < -0.3 is 0 Å². The van der Waals surface area contributed by atoms with E-state index in [-0.39, 0.29) is 17.7 Å². The molecule has 1 aliphatic rings. The van der Waals surface area contributed by atoms with Crippen LogP contribution in [0.4, 0.5) is 4.79 Å². The molecule has 2 aromatic rings. The minimum atomic E-state index is -0.289. The van der Waals surface area contributed by atoms with Gasteiger partial charge in [-0.25, -0.2) is 0 Å². The third kappa shape index (κ3) is 3.25. The monoisotopic (exact) mass is 355 g/mol. The number of thiophene rings is 1. The van der Waals surface area contributed by atoms with Crippen molar-refractivity contribution >= 4 is 46.6 Å². The lowest BCUT2D eigenvalue weighted by Gasteiger charge is -2.07. The van der Waals surface area contributed by atoms with Crippen molar-refractivity contribution in [3.05, 3.63) is 63.7 Å². The Bertz CT molecular complexity index is 867. The van der Waals surface area contributed by atoms with Gasteiger partial charge in [-0.1, -0.05) is 24.3 Å². The summed E-state index contributed by atoms with van der Waals surface area (Å²) >= 11 is 2.42. The summed E-state index contributed by atoms with van der Waals surface area (Å²) in [4.78, 5) is 37.4. The molecule has 3 rings (SSSR count). The standard InChI is InChI=1S/C18H13NO3S2/c1-2-6-19-17(21)16(24-18(19)22)9-15-8-14(11-23-15)13-5-3-4-12(7-13)10-20/h2-5,7-11H,1,6H2/b16-9-. The average molecular weight is 355 g/mol. The SMILES string of the molecule is C=CCN1C(=O)S/C(=C\c2cc(-c3cccc(C=O)c3)cs2)C1=O. The number of nitrogens with zero attached hydrogens (tertiary/aromatic N) is 1. The van der Waals surface area contributed by atoms with Crippen molar-refractivity contribution in [1.82, 2.24) is 4.90 Å². The number of hydrogen-bond donors (Lipinski definition) is 0. The molecule has 1 aromatic heterocycles. The molecule has 0 bridgehead atoms. The fourth-order valence-corrected chi connectivity index (χ4v) is 4.05. The maximum atomic E-state index is 12.2. The molecule has 0 N–H and O–H groups in total. The minimum absolute atomic E-state index is 0.218. The Hall–Kier alpha value is -2.44. The van der Waals surface area contributed by atoms with Gasteiger partial charge in [0.2, 0.25) is 0 Å². The van der Waals surface area contributed by atoms with E-state index >= 15 is 0 Å². The van der Waals surface area contributed by atoms with Crippen molar-refractivity contribution in [2.45, 2.75) is 0 Å². The maximum absolute atomic E-state index is 12.2. The second-order valence-corrected chi connectivity index (χ2v) is 7.00. The van der Waals surface area contributed by atoms with Crippen LogP contribution in [0.15, 0.2) is 53.3 Å². The van der Waals surface area contributed by atoms with Gasteiger partial charge in [0.25, 0.3) is 11.1 Å². The Balaban J connectivity index is 1.86. The van der Waals surface area contributed by atoms with Gasteiger partial charge in [-0.15, -0.1) is 17.9 Å². The third-order valence-corrected chi connectivity index (χ3v) is 5.22. The molecule has 0 aliphatic carbocycles. The Morgan fingerprint density at radius 2 is 2.00 bits per heavy atom. The van der Waals surface area contributed by atoms with Crippen molar-refractivity contribution in [2.75, 3.05) is 6.54 Å². The topological polar surface area (TPSA) is 54.5 Å². The first-order valence-electron chi connectivity index (χ1n) is 7.13. The van der Waals surface area contributed by atoms with Gasteiger partial charge in [-0.05, 0) is 46.5 Å². The van der Waals surface area contributed by atoms with Gasteiger partial charge in [0.1, 0.15) is 6.29 Å². The highest BCUT2D eigenvalue weighted by molar-refractivity contribution is 8.18. The Morgan fingerprint density at radius 3 is 2.75 bits per heavy atom. The lowest BCUT2D eigenvalue weighted by molar-refractivity contribution is -0.122. The van der Waals surface area contributed by atoms with E-state index in [1.807, 2.05) is 29.6 Å². The van der Waals surface area contributed by atoms with Crippen LogP contribution in [0.2, 0.25) is 0 Å². The van der Waals surface area contributed by atoms with Crippen LogP contribution in [0, 0.1) is 0 Å².